The summed E-state index contributed by atoms with van der Waals surface area (Å²) >= 11 is 11.2. The molecule has 2 N–H and O–H groups in total. The van der Waals surface area contributed by atoms with Crippen LogP contribution < -0.4 is 15.5 Å². The summed E-state index contributed by atoms with van der Waals surface area (Å²) < 4.78 is 5.77. The first-order valence-corrected chi connectivity index (χ1v) is 12.0. The van der Waals surface area contributed by atoms with Crippen molar-refractivity contribution in [3.63, 3.8) is 0 Å². The zero-order chi connectivity index (χ0) is 23.9. The van der Waals surface area contributed by atoms with E-state index in [-0.39, 0.29) is 11.0 Å². The minimum atomic E-state index is -0.340. The summed E-state index contributed by atoms with van der Waals surface area (Å²) in [7, 11) is 0. The lowest BCUT2D eigenvalue weighted by molar-refractivity contribution is -0.115. The molecule has 0 saturated carbocycles. The third kappa shape index (κ3) is 6.47. The summed E-state index contributed by atoms with van der Waals surface area (Å²) in [6, 6.07) is 19.1. The summed E-state index contributed by atoms with van der Waals surface area (Å²) in [6.45, 7) is 7.52. The molecule has 4 rings (SSSR count). The van der Waals surface area contributed by atoms with Gasteiger partial charge in [0.25, 0.3) is 0 Å². The molecule has 1 aliphatic rings. The number of amides is 1. The van der Waals surface area contributed by atoms with Crippen molar-refractivity contribution in [3.05, 3.63) is 77.5 Å². The van der Waals surface area contributed by atoms with Crippen LogP contribution in [-0.2, 0) is 4.79 Å². The zero-order valence-electron chi connectivity index (χ0n) is 19.0. The van der Waals surface area contributed by atoms with E-state index >= 15 is 0 Å². The van der Waals surface area contributed by atoms with Crippen LogP contribution in [0.5, 0.6) is 0 Å². The van der Waals surface area contributed by atoms with Gasteiger partial charge in [-0.1, -0.05) is 18.5 Å². The van der Waals surface area contributed by atoms with Crippen molar-refractivity contribution in [3.8, 4) is 11.3 Å². The summed E-state index contributed by atoms with van der Waals surface area (Å²) in [5.41, 5.74) is 2.92. The van der Waals surface area contributed by atoms with E-state index in [1.165, 1.54) is 11.8 Å². The molecule has 0 bridgehead atoms. The number of thiocarbonyl (C=S) groups is 1. The van der Waals surface area contributed by atoms with Gasteiger partial charge in [0, 0.05) is 54.2 Å². The minimum absolute atomic E-state index is 0.236. The van der Waals surface area contributed by atoms with Crippen molar-refractivity contribution in [1.29, 1.82) is 0 Å². The first-order valence-electron chi connectivity index (χ1n) is 11.2. The second kappa shape index (κ2) is 11.3. The molecule has 2 heterocycles. The maximum absolute atomic E-state index is 12.3. The largest absolute Gasteiger partial charge is 0.457 e. The van der Waals surface area contributed by atoms with Crippen molar-refractivity contribution in [2.45, 2.75) is 6.92 Å². The SMILES string of the molecule is CCN1CCN(c2ccc(NC(=S)NC(=O)C=Cc3ccc(-c4ccc(Cl)cc4)o3)cc2)CC1. The molecular formula is C26H27ClN4O2S. The molecule has 6 nitrogen and oxygen atoms in total. The number of likely N-dealkylation sites (N-methyl/N-ethyl adjacent to an activating group) is 1. The normalized spacial score (nSPS) is 14.4. The number of halogens is 1. The summed E-state index contributed by atoms with van der Waals surface area (Å²) in [5, 5.41) is 6.61. The highest BCUT2D eigenvalue weighted by Gasteiger charge is 2.15. The molecule has 1 aromatic heterocycles. The maximum atomic E-state index is 12.3. The van der Waals surface area contributed by atoms with E-state index in [1.54, 1.807) is 24.3 Å². The molecule has 3 aromatic rings. The van der Waals surface area contributed by atoms with Gasteiger partial charge in [-0.15, -0.1) is 0 Å². The molecule has 1 aliphatic heterocycles. The topological polar surface area (TPSA) is 60.8 Å². The number of nitrogens with zero attached hydrogens (tertiary/aromatic N) is 2. The van der Waals surface area contributed by atoms with Crippen LogP contribution in [0.2, 0.25) is 5.02 Å². The van der Waals surface area contributed by atoms with Crippen molar-refractivity contribution in [2.24, 2.45) is 0 Å². The lowest BCUT2D eigenvalue weighted by Crippen LogP contribution is -2.46. The first kappa shape index (κ1) is 24.0. The minimum Gasteiger partial charge on any atom is -0.457 e. The lowest BCUT2D eigenvalue weighted by Gasteiger charge is -2.35. The number of hydrogen-bond donors (Lipinski definition) is 2. The molecule has 0 spiro atoms. The number of benzene rings is 2. The Morgan fingerprint density at radius 3 is 2.41 bits per heavy atom. The standard InChI is InChI=1S/C26H27ClN4O2S/c1-2-30-15-17-31(18-16-30)22-9-7-21(8-10-22)28-26(34)29-25(32)14-12-23-11-13-24(33-23)19-3-5-20(27)6-4-19/h3-14H,2,15-18H2,1H3,(H2,28,29,32,34). The second-order valence-corrected chi connectivity index (χ2v) is 8.80. The number of rotatable bonds is 6. The van der Waals surface area contributed by atoms with Crippen LogP contribution in [0, 0.1) is 0 Å². The number of anilines is 2. The Morgan fingerprint density at radius 2 is 1.74 bits per heavy atom. The average Bonchev–Trinajstić information content (AvgIpc) is 3.33. The molecule has 1 fully saturated rings. The summed E-state index contributed by atoms with van der Waals surface area (Å²) in [5.74, 6) is 0.922. The summed E-state index contributed by atoms with van der Waals surface area (Å²) in [6.07, 6.45) is 2.99. The highest BCUT2D eigenvalue weighted by molar-refractivity contribution is 7.80. The Balaban J connectivity index is 1.26. The van der Waals surface area contributed by atoms with E-state index in [9.17, 15) is 4.79 Å². The monoisotopic (exact) mass is 494 g/mol. The molecule has 8 heteroatoms. The van der Waals surface area contributed by atoms with Gasteiger partial charge in [0.05, 0.1) is 0 Å². The molecule has 176 valence electrons. The Kier molecular flexibility index (Phi) is 8.00. The van der Waals surface area contributed by atoms with Crippen molar-refractivity contribution in [2.75, 3.05) is 42.9 Å². The molecular weight excluding hydrogens is 468 g/mol. The van der Waals surface area contributed by atoms with E-state index in [4.69, 9.17) is 28.2 Å². The maximum Gasteiger partial charge on any atom is 0.250 e. The van der Waals surface area contributed by atoms with Crippen molar-refractivity contribution in [1.82, 2.24) is 10.2 Å². The van der Waals surface area contributed by atoms with Gasteiger partial charge in [-0.3, -0.25) is 10.1 Å². The van der Waals surface area contributed by atoms with E-state index in [2.05, 4.69) is 39.5 Å². The van der Waals surface area contributed by atoms with Gasteiger partial charge >= 0.3 is 0 Å². The fourth-order valence-electron chi connectivity index (χ4n) is 3.76. The third-order valence-corrected chi connectivity index (χ3v) is 6.16. The van der Waals surface area contributed by atoms with Crippen LogP contribution in [0.1, 0.15) is 12.7 Å². The van der Waals surface area contributed by atoms with Gasteiger partial charge in [0.2, 0.25) is 5.91 Å². The van der Waals surface area contributed by atoms with Crippen LogP contribution in [0.3, 0.4) is 0 Å². The van der Waals surface area contributed by atoms with Gasteiger partial charge in [0.15, 0.2) is 5.11 Å². The number of nitrogens with one attached hydrogen (secondary N) is 2. The lowest BCUT2D eigenvalue weighted by atomic mass is 10.2. The van der Waals surface area contributed by atoms with Crippen LogP contribution in [-0.4, -0.2) is 48.6 Å². The quantitative estimate of drug-likeness (QED) is 0.359. The second-order valence-electron chi connectivity index (χ2n) is 7.95. The Bertz CT molecular complexity index is 1150. The summed E-state index contributed by atoms with van der Waals surface area (Å²) in [4.78, 5) is 17.1. The molecule has 0 radical (unpaired) electrons. The number of carbonyl (C=O) groups excluding carboxylic acids is 1. The molecule has 0 unspecified atom stereocenters. The van der Waals surface area contributed by atoms with Crippen LogP contribution in [0.25, 0.3) is 17.4 Å². The molecule has 1 saturated heterocycles. The number of hydrogen-bond acceptors (Lipinski definition) is 5. The first-order chi connectivity index (χ1) is 16.5. The number of carbonyl (C=O) groups is 1. The highest BCUT2D eigenvalue weighted by Crippen LogP contribution is 2.24. The van der Waals surface area contributed by atoms with Crippen molar-refractivity contribution < 1.29 is 9.21 Å². The van der Waals surface area contributed by atoms with E-state index in [0.717, 1.165) is 44.0 Å². The average molecular weight is 495 g/mol. The molecule has 0 aliphatic carbocycles. The van der Waals surface area contributed by atoms with Crippen molar-refractivity contribution >= 4 is 52.3 Å². The van der Waals surface area contributed by atoms with Crippen LogP contribution in [0.15, 0.2) is 71.2 Å². The number of furan rings is 1. The Labute approximate surface area is 210 Å². The third-order valence-electron chi connectivity index (χ3n) is 5.70. The molecule has 1 amide bonds. The van der Waals surface area contributed by atoms with Gasteiger partial charge in [-0.2, -0.15) is 0 Å². The molecule has 2 aromatic carbocycles. The van der Waals surface area contributed by atoms with Crippen LogP contribution in [0.4, 0.5) is 11.4 Å². The van der Waals surface area contributed by atoms with Gasteiger partial charge in [-0.25, -0.2) is 0 Å². The van der Waals surface area contributed by atoms with Gasteiger partial charge in [0.1, 0.15) is 11.5 Å². The highest BCUT2D eigenvalue weighted by atomic mass is 35.5. The van der Waals surface area contributed by atoms with E-state index < -0.39 is 0 Å². The smallest absolute Gasteiger partial charge is 0.250 e. The Morgan fingerprint density at radius 1 is 1.03 bits per heavy atom. The number of piperazine rings is 1. The van der Waals surface area contributed by atoms with E-state index in [1.807, 2.05) is 30.3 Å². The molecule has 0 atom stereocenters. The predicted molar refractivity (Wildman–Crippen MR) is 143 cm³/mol. The fraction of sp³-hybridized carbons (Fsp3) is 0.231. The van der Waals surface area contributed by atoms with Gasteiger partial charge in [-0.05, 0) is 85.5 Å². The molecule has 34 heavy (non-hydrogen) atoms. The fourth-order valence-corrected chi connectivity index (χ4v) is 4.11. The van der Waals surface area contributed by atoms with E-state index in [0.29, 0.717) is 16.5 Å². The van der Waals surface area contributed by atoms with Gasteiger partial charge < -0.3 is 19.5 Å². The Hall–Kier alpha value is -3.13. The van der Waals surface area contributed by atoms with Crippen LogP contribution >= 0.6 is 23.8 Å². The zero-order valence-corrected chi connectivity index (χ0v) is 20.5. The predicted octanol–water partition coefficient (Wildman–Crippen LogP) is 5.27.